The number of nitrogens with zero attached hydrogens (tertiary/aromatic N) is 3. The molecule has 2 aromatic heterocycles. The molecule has 26 heavy (non-hydrogen) atoms. The molecule has 0 spiro atoms. The third kappa shape index (κ3) is 2.63. The number of aliphatic hydroxyl groups excluding tert-OH is 1. The second-order valence-electron chi connectivity index (χ2n) is 6.64. The molecule has 0 bridgehead atoms. The first kappa shape index (κ1) is 16.6. The highest BCUT2D eigenvalue weighted by molar-refractivity contribution is 5.95. The molecule has 0 aliphatic heterocycles. The molecule has 0 saturated carbocycles. The van der Waals surface area contributed by atoms with Crippen molar-refractivity contribution >= 4 is 33.2 Å². The van der Waals surface area contributed by atoms with E-state index < -0.39 is 0 Å². The topological polar surface area (TPSA) is 41.3 Å². The molecular formula is C22H23N3O. The molecule has 0 amide bonds. The Kier molecular flexibility index (Phi) is 4.13. The molecule has 1 N–H and O–H groups in total. The van der Waals surface area contributed by atoms with Crippen LogP contribution in [0.1, 0.15) is 18.3 Å². The van der Waals surface area contributed by atoms with Crippen LogP contribution in [0, 0.1) is 6.92 Å². The summed E-state index contributed by atoms with van der Waals surface area (Å²) in [5.41, 5.74) is 6.38. The van der Waals surface area contributed by atoms with Gasteiger partial charge in [-0.2, -0.15) is 0 Å². The fourth-order valence-corrected chi connectivity index (χ4v) is 3.73. The summed E-state index contributed by atoms with van der Waals surface area (Å²) in [6, 6.07) is 18.9. The quantitative estimate of drug-likeness (QED) is 0.579. The highest BCUT2D eigenvalue weighted by Crippen LogP contribution is 2.33. The number of pyridine rings is 1. The smallest absolute Gasteiger partial charge is 0.0833 e. The summed E-state index contributed by atoms with van der Waals surface area (Å²) in [6.45, 7) is 5.04. The van der Waals surface area contributed by atoms with Gasteiger partial charge in [-0.1, -0.05) is 18.2 Å². The summed E-state index contributed by atoms with van der Waals surface area (Å²) in [6.07, 6.45) is 0. The lowest BCUT2D eigenvalue weighted by atomic mass is 10.1. The number of anilines is 2. The van der Waals surface area contributed by atoms with E-state index in [0.717, 1.165) is 51.1 Å². The first-order valence-corrected chi connectivity index (χ1v) is 8.95. The Morgan fingerprint density at radius 3 is 2.65 bits per heavy atom. The predicted octanol–water partition coefficient (Wildman–Crippen LogP) is 4.78. The number of hydrogen-bond donors (Lipinski definition) is 1. The predicted molar refractivity (Wildman–Crippen MR) is 108 cm³/mol. The Bertz CT molecular complexity index is 1100. The second-order valence-corrected chi connectivity index (χ2v) is 6.64. The SMILES string of the molecule is CCn1c(CO)cc2cc(N(C)c3cc(C)nc4ccccc34)ccc21. The number of benzene rings is 2. The molecule has 0 radical (unpaired) electrons. The van der Waals surface area contributed by atoms with Crippen LogP contribution in [-0.4, -0.2) is 21.7 Å². The standard InChI is InChI=1S/C22H23N3O/c1-4-25-18(14-26)13-16-12-17(9-10-21(16)25)24(3)22-11-15(2)23-20-8-6-5-7-19(20)22/h5-13,26H,4,14H2,1-3H3. The maximum Gasteiger partial charge on any atom is 0.0833 e. The molecule has 2 aromatic carbocycles. The van der Waals surface area contributed by atoms with E-state index in [1.807, 2.05) is 13.0 Å². The van der Waals surface area contributed by atoms with Crippen LogP contribution in [0.5, 0.6) is 0 Å². The van der Waals surface area contributed by atoms with Gasteiger partial charge >= 0.3 is 0 Å². The molecule has 132 valence electrons. The summed E-state index contributed by atoms with van der Waals surface area (Å²) < 4.78 is 2.16. The third-order valence-corrected chi connectivity index (χ3v) is 5.02. The van der Waals surface area contributed by atoms with Crippen molar-refractivity contribution in [3.8, 4) is 0 Å². The highest BCUT2D eigenvalue weighted by atomic mass is 16.3. The Morgan fingerprint density at radius 1 is 1.08 bits per heavy atom. The van der Waals surface area contributed by atoms with Crippen molar-refractivity contribution < 1.29 is 5.11 Å². The van der Waals surface area contributed by atoms with Crippen LogP contribution in [0.25, 0.3) is 21.8 Å². The van der Waals surface area contributed by atoms with Crippen LogP contribution in [0.3, 0.4) is 0 Å². The zero-order valence-corrected chi connectivity index (χ0v) is 15.4. The van der Waals surface area contributed by atoms with Crippen LogP contribution in [-0.2, 0) is 13.2 Å². The maximum absolute atomic E-state index is 9.62. The fraction of sp³-hybridized carbons (Fsp3) is 0.227. The Morgan fingerprint density at radius 2 is 1.88 bits per heavy atom. The fourth-order valence-electron chi connectivity index (χ4n) is 3.73. The van der Waals surface area contributed by atoms with Crippen molar-refractivity contribution in [1.29, 1.82) is 0 Å². The highest BCUT2D eigenvalue weighted by Gasteiger charge is 2.13. The van der Waals surface area contributed by atoms with Gasteiger partial charge in [0, 0.05) is 47.0 Å². The summed E-state index contributed by atoms with van der Waals surface area (Å²) in [7, 11) is 2.09. The number of para-hydroxylation sites is 1. The van der Waals surface area contributed by atoms with Crippen LogP contribution >= 0.6 is 0 Å². The lowest BCUT2D eigenvalue weighted by Crippen LogP contribution is -2.10. The minimum absolute atomic E-state index is 0.0574. The lowest BCUT2D eigenvalue weighted by molar-refractivity contribution is 0.272. The van der Waals surface area contributed by atoms with Gasteiger partial charge in [0.25, 0.3) is 0 Å². The lowest BCUT2D eigenvalue weighted by Gasteiger charge is -2.22. The Balaban J connectivity index is 1.85. The number of hydrogen-bond acceptors (Lipinski definition) is 3. The van der Waals surface area contributed by atoms with Crippen molar-refractivity contribution in [2.24, 2.45) is 0 Å². The molecule has 4 rings (SSSR count). The molecule has 0 aliphatic rings. The van der Waals surface area contributed by atoms with Crippen molar-refractivity contribution in [1.82, 2.24) is 9.55 Å². The molecule has 0 atom stereocenters. The van der Waals surface area contributed by atoms with Crippen molar-refractivity contribution in [3.05, 3.63) is 66.0 Å². The summed E-state index contributed by atoms with van der Waals surface area (Å²) in [5.74, 6) is 0. The number of fused-ring (bicyclic) bond motifs is 2. The van der Waals surface area contributed by atoms with Gasteiger partial charge < -0.3 is 14.6 Å². The number of aliphatic hydroxyl groups is 1. The molecule has 4 aromatic rings. The van der Waals surface area contributed by atoms with E-state index >= 15 is 0 Å². The molecule has 2 heterocycles. The average molecular weight is 345 g/mol. The monoisotopic (exact) mass is 345 g/mol. The van der Waals surface area contributed by atoms with E-state index in [9.17, 15) is 5.11 Å². The van der Waals surface area contributed by atoms with Gasteiger partial charge in [-0.3, -0.25) is 4.98 Å². The minimum Gasteiger partial charge on any atom is -0.390 e. The van der Waals surface area contributed by atoms with Crippen LogP contribution < -0.4 is 4.90 Å². The van der Waals surface area contributed by atoms with Gasteiger partial charge in [-0.25, -0.2) is 0 Å². The normalized spacial score (nSPS) is 11.4. The van der Waals surface area contributed by atoms with E-state index in [2.05, 4.69) is 77.0 Å². The average Bonchev–Trinajstić information content (AvgIpc) is 3.03. The largest absolute Gasteiger partial charge is 0.390 e. The van der Waals surface area contributed by atoms with Crippen molar-refractivity contribution in [2.45, 2.75) is 27.0 Å². The van der Waals surface area contributed by atoms with E-state index in [1.54, 1.807) is 0 Å². The van der Waals surface area contributed by atoms with E-state index in [4.69, 9.17) is 0 Å². The van der Waals surface area contributed by atoms with Gasteiger partial charge in [-0.05, 0) is 50.2 Å². The number of rotatable bonds is 4. The first-order chi connectivity index (χ1) is 12.6. The molecule has 0 unspecified atom stereocenters. The Labute approximate surface area is 153 Å². The maximum atomic E-state index is 9.62. The van der Waals surface area contributed by atoms with Crippen molar-refractivity contribution in [3.63, 3.8) is 0 Å². The molecule has 4 nitrogen and oxygen atoms in total. The third-order valence-electron chi connectivity index (χ3n) is 5.02. The number of aryl methyl sites for hydroxylation is 2. The van der Waals surface area contributed by atoms with Crippen LogP contribution in [0.15, 0.2) is 54.6 Å². The molecule has 0 aliphatic carbocycles. The summed E-state index contributed by atoms with van der Waals surface area (Å²) >= 11 is 0. The van der Waals surface area contributed by atoms with E-state index in [-0.39, 0.29) is 6.61 Å². The zero-order valence-electron chi connectivity index (χ0n) is 15.4. The number of aromatic nitrogens is 2. The van der Waals surface area contributed by atoms with Gasteiger partial charge in [0.1, 0.15) is 0 Å². The van der Waals surface area contributed by atoms with E-state index in [0.29, 0.717) is 0 Å². The van der Waals surface area contributed by atoms with Gasteiger partial charge in [0.2, 0.25) is 0 Å². The zero-order chi connectivity index (χ0) is 18.3. The van der Waals surface area contributed by atoms with Gasteiger partial charge in [0.05, 0.1) is 17.8 Å². The van der Waals surface area contributed by atoms with Crippen molar-refractivity contribution in [2.75, 3.05) is 11.9 Å². The Hall–Kier alpha value is -2.85. The van der Waals surface area contributed by atoms with Gasteiger partial charge in [-0.15, -0.1) is 0 Å². The van der Waals surface area contributed by atoms with Crippen LogP contribution in [0.2, 0.25) is 0 Å². The minimum atomic E-state index is 0.0574. The van der Waals surface area contributed by atoms with E-state index in [1.165, 1.54) is 0 Å². The summed E-state index contributed by atoms with van der Waals surface area (Å²) in [5, 5.41) is 11.9. The summed E-state index contributed by atoms with van der Waals surface area (Å²) in [4.78, 5) is 6.85. The second kappa shape index (κ2) is 6.46. The first-order valence-electron chi connectivity index (χ1n) is 8.95. The van der Waals surface area contributed by atoms with Crippen LogP contribution in [0.4, 0.5) is 11.4 Å². The van der Waals surface area contributed by atoms with Gasteiger partial charge in [0.15, 0.2) is 0 Å². The molecule has 0 saturated heterocycles. The molecule has 4 heteroatoms. The molecular weight excluding hydrogens is 322 g/mol. The molecule has 0 fully saturated rings.